The Morgan fingerprint density at radius 1 is 1.21 bits per heavy atom. The first-order chi connectivity index (χ1) is 16.5. The third kappa shape index (κ3) is 5.82. The van der Waals surface area contributed by atoms with Crippen LogP contribution in [0.25, 0.3) is 0 Å². The van der Waals surface area contributed by atoms with Gasteiger partial charge in [0.2, 0.25) is 5.91 Å². The molecule has 2 amide bonds. The number of hydrogen-bond acceptors (Lipinski definition) is 4. The van der Waals surface area contributed by atoms with Crippen molar-refractivity contribution in [2.75, 3.05) is 26.2 Å². The summed E-state index contributed by atoms with van der Waals surface area (Å²) in [4.78, 5) is 31.5. The van der Waals surface area contributed by atoms with Crippen molar-refractivity contribution in [3.8, 4) is 5.75 Å². The van der Waals surface area contributed by atoms with Crippen LogP contribution < -0.4 is 4.74 Å². The largest absolute Gasteiger partial charge is 0.491 e. The van der Waals surface area contributed by atoms with Gasteiger partial charge >= 0.3 is 0 Å². The number of hydrogen-bond donors (Lipinski definition) is 0. The molecule has 0 spiro atoms. The van der Waals surface area contributed by atoms with Gasteiger partial charge in [0.1, 0.15) is 18.9 Å². The fourth-order valence-corrected chi connectivity index (χ4v) is 5.61. The Kier molecular flexibility index (Phi) is 8.29. The Bertz CT molecular complexity index is 1150. The highest BCUT2D eigenvalue weighted by Crippen LogP contribution is 2.34. The molecule has 8 heteroatoms. The molecule has 2 aromatic carbocycles. The number of halogens is 2. The van der Waals surface area contributed by atoms with Gasteiger partial charge in [-0.15, -0.1) is 11.3 Å². The molecule has 1 aliphatic heterocycles. The molecule has 5 nitrogen and oxygen atoms in total. The predicted molar refractivity (Wildman–Crippen MR) is 140 cm³/mol. The molecule has 0 bridgehead atoms. The highest BCUT2D eigenvalue weighted by Gasteiger charge is 2.33. The fourth-order valence-electron chi connectivity index (χ4n) is 4.16. The maximum Gasteiger partial charge on any atom is 0.254 e. The lowest BCUT2D eigenvalue weighted by Crippen LogP contribution is -2.48. The minimum absolute atomic E-state index is 0.0378. The molecule has 1 aromatic heterocycles. The number of carbonyl (C=O) groups is 2. The molecule has 2 heterocycles. The van der Waals surface area contributed by atoms with Gasteiger partial charge in [-0.25, -0.2) is 0 Å². The SMILES string of the molecule is CCCN(CC(=O)N1CCc2sccc2C1COc1ccc(Cl)cc1)C(=O)c1cccc(Br)c1. The van der Waals surface area contributed by atoms with Gasteiger partial charge in [-0.3, -0.25) is 9.59 Å². The van der Waals surface area contributed by atoms with Gasteiger partial charge in [-0.1, -0.05) is 40.5 Å². The van der Waals surface area contributed by atoms with E-state index in [1.807, 2.05) is 36.1 Å². The number of thiophene rings is 1. The number of ether oxygens (including phenoxy) is 1. The Balaban J connectivity index is 1.51. The Morgan fingerprint density at radius 2 is 2.00 bits per heavy atom. The lowest BCUT2D eigenvalue weighted by Gasteiger charge is -2.37. The second kappa shape index (κ2) is 11.4. The quantitative estimate of drug-likeness (QED) is 0.328. The van der Waals surface area contributed by atoms with E-state index in [0.29, 0.717) is 36.0 Å². The highest BCUT2D eigenvalue weighted by molar-refractivity contribution is 9.10. The summed E-state index contributed by atoms with van der Waals surface area (Å²) < 4.78 is 6.89. The van der Waals surface area contributed by atoms with Crippen molar-refractivity contribution in [2.45, 2.75) is 25.8 Å². The van der Waals surface area contributed by atoms with Crippen molar-refractivity contribution >= 4 is 50.7 Å². The van der Waals surface area contributed by atoms with Crippen LogP contribution in [0.3, 0.4) is 0 Å². The van der Waals surface area contributed by atoms with Crippen LogP contribution in [0.15, 0.2) is 64.5 Å². The lowest BCUT2D eigenvalue weighted by molar-refractivity contribution is -0.135. The van der Waals surface area contributed by atoms with Gasteiger partial charge in [0.25, 0.3) is 5.91 Å². The first kappa shape index (κ1) is 24.8. The summed E-state index contributed by atoms with van der Waals surface area (Å²) in [7, 11) is 0. The van der Waals surface area contributed by atoms with E-state index >= 15 is 0 Å². The molecule has 178 valence electrons. The molecule has 0 saturated carbocycles. The highest BCUT2D eigenvalue weighted by atomic mass is 79.9. The molecular formula is C26H26BrClN2O3S. The molecule has 0 aliphatic carbocycles. The summed E-state index contributed by atoms with van der Waals surface area (Å²) in [6, 6.07) is 16.4. The number of nitrogens with zero attached hydrogens (tertiary/aromatic N) is 2. The third-order valence-electron chi connectivity index (χ3n) is 5.82. The van der Waals surface area contributed by atoms with Crippen LogP contribution in [0.2, 0.25) is 5.02 Å². The summed E-state index contributed by atoms with van der Waals surface area (Å²) in [6.45, 7) is 3.50. The van der Waals surface area contributed by atoms with Crippen LogP contribution >= 0.6 is 38.9 Å². The molecule has 0 N–H and O–H groups in total. The molecule has 0 saturated heterocycles. The zero-order valence-electron chi connectivity index (χ0n) is 18.9. The molecule has 0 fully saturated rings. The van der Waals surface area contributed by atoms with Gasteiger partial charge in [0.15, 0.2) is 0 Å². The summed E-state index contributed by atoms with van der Waals surface area (Å²) >= 11 is 11.1. The Morgan fingerprint density at radius 3 is 2.74 bits per heavy atom. The number of benzene rings is 2. The third-order valence-corrected chi connectivity index (χ3v) is 7.56. The van der Waals surface area contributed by atoms with Gasteiger partial charge in [0.05, 0.1) is 6.04 Å². The van der Waals surface area contributed by atoms with E-state index in [4.69, 9.17) is 16.3 Å². The molecule has 4 rings (SSSR count). The van der Waals surface area contributed by atoms with Crippen molar-refractivity contribution in [1.82, 2.24) is 9.80 Å². The van der Waals surface area contributed by atoms with Gasteiger partial charge in [0, 0.05) is 33.0 Å². The van der Waals surface area contributed by atoms with E-state index in [1.165, 1.54) is 4.88 Å². The number of carbonyl (C=O) groups excluding carboxylic acids is 2. The van der Waals surface area contributed by atoms with E-state index in [2.05, 4.69) is 27.4 Å². The summed E-state index contributed by atoms with van der Waals surface area (Å²) in [6.07, 6.45) is 1.58. The van der Waals surface area contributed by atoms with Crippen LogP contribution in [0.5, 0.6) is 5.75 Å². The molecule has 3 aromatic rings. The molecule has 34 heavy (non-hydrogen) atoms. The number of amides is 2. The van der Waals surface area contributed by atoms with E-state index in [9.17, 15) is 9.59 Å². The fraction of sp³-hybridized carbons (Fsp3) is 0.308. The second-order valence-electron chi connectivity index (χ2n) is 8.15. The number of fused-ring (bicyclic) bond motifs is 1. The molecule has 1 aliphatic rings. The van der Waals surface area contributed by atoms with Gasteiger partial charge in [-0.05, 0) is 72.3 Å². The van der Waals surface area contributed by atoms with Crippen LogP contribution in [-0.2, 0) is 11.2 Å². The second-order valence-corrected chi connectivity index (χ2v) is 10.5. The van der Waals surface area contributed by atoms with Crippen molar-refractivity contribution < 1.29 is 14.3 Å². The topological polar surface area (TPSA) is 49.9 Å². The zero-order chi connectivity index (χ0) is 24.1. The maximum atomic E-state index is 13.5. The molecular weight excluding hydrogens is 536 g/mol. The maximum absolute atomic E-state index is 13.5. The minimum Gasteiger partial charge on any atom is -0.491 e. The average molecular weight is 562 g/mol. The van der Waals surface area contributed by atoms with E-state index < -0.39 is 0 Å². The van der Waals surface area contributed by atoms with E-state index in [-0.39, 0.29) is 24.4 Å². The molecule has 0 radical (unpaired) electrons. The zero-order valence-corrected chi connectivity index (χ0v) is 22.0. The van der Waals surface area contributed by atoms with Crippen LogP contribution in [0, 0.1) is 0 Å². The standard InChI is InChI=1S/C26H26BrClN2O3S/c1-2-12-29(26(32)18-4-3-5-19(27)15-18)16-25(31)30-13-10-24-22(11-14-34-24)23(30)17-33-21-8-6-20(28)7-9-21/h3-9,11,14-15,23H,2,10,12-13,16-17H2,1H3. The minimum atomic E-state index is -0.206. The predicted octanol–water partition coefficient (Wildman–Crippen LogP) is 6.22. The Hall–Kier alpha value is -2.35. The van der Waals surface area contributed by atoms with Crippen molar-refractivity contribution in [3.05, 3.63) is 85.5 Å². The van der Waals surface area contributed by atoms with Crippen LogP contribution in [-0.4, -0.2) is 47.9 Å². The summed E-state index contributed by atoms with van der Waals surface area (Å²) in [5.41, 5.74) is 1.69. The van der Waals surface area contributed by atoms with Gasteiger partial charge in [-0.2, -0.15) is 0 Å². The van der Waals surface area contributed by atoms with Crippen LogP contribution in [0.1, 0.15) is 40.2 Å². The van der Waals surface area contributed by atoms with Crippen molar-refractivity contribution in [3.63, 3.8) is 0 Å². The van der Waals surface area contributed by atoms with E-state index in [1.54, 1.807) is 40.5 Å². The van der Waals surface area contributed by atoms with Crippen LogP contribution in [0.4, 0.5) is 0 Å². The first-order valence-electron chi connectivity index (χ1n) is 11.2. The molecule has 1 unspecified atom stereocenters. The molecule has 1 atom stereocenters. The normalized spacial score (nSPS) is 15.0. The average Bonchev–Trinajstić information content (AvgIpc) is 3.32. The smallest absolute Gasteiger partial charge is 0.254 e. The monoisotopic (exact) mass is 560 g/mol. The van der Waals surface area contributed by atoms with Gasteiger partial charge < -0.3 is 14.5 Å². The van der Waals surface area contributed by atoms with E-state index in [0.717, 1.165) is 22.9 Å². The Labute approximate surface area is 217 Å². The lowest BCUT2D eigenvalue weighted by atomic mass is 10.0. The van der Waals surface area contributed by atoms with Crippen molar-refractivity contribution in [2.24, 2.45) is 0 Å². The first-order valence-corrected chi connectivity index (χ1v) is 13.3. The summed E-state index contributed by atoms with van der Waals surface area (Å²) in [5.74, 6) is 0.494. The van der Waals surface area contributed by atoms with Crippen molar-refractivity contribution in [1.29, 1.82) is 0 Å². The number of rotatable bonds is 8. The summed E-state index contributed by atoms with van der Waals surface area (Å²) in [5, 5.41) is 2.71.